The van der Waals surface area contributed by atoms with E-state index < -0.39 is 97.5 Å². The molecule has 3 unspecified atom stereocenters. The van der Waals surface area contributed by atoms with Gasteiger partial charge >= 0.3 is 39.5 Å². The molecule has 0 aliphatic carbocycles. The lowest BCUT2D eigenvalue weighted by Crippen LogP contribution is -2.30. The predicted molar refractivity (Wildman–Crippen MR) is 326 cm³/mol. The second-order valence-electron chi connectivity index (χ2n) is 24.0. The average Bonchev–Trinajstić information content (AvgIpc) is 3.43. The second kappa shape index (κ2) is 54.5. The Morgan fingerprint density at radius 2 is 0.622 bits per heavy atom. The van der Waals surface area contributed by atoms with Crippen molar-refractivity contribution in [1.82, 2.24) is 0 Å². The van der Waals surface area contributed by atoms with Gasteiger partial charge in [0, 0.05) is 25.7 Å². The van der Waals surface area contributed by atoms with Gasteiger partial charge in [-0.25, -0.2) is 9.13 Å². The van der Waals surface area contributed by atoms with Gasteiger partial charge in [0.25, 0.3) is 0 Å². The van der Waals surface area contributed by atoms with Crippen molar-refractivity contribution in [2.75, 3.05) is 39.6 Å². The van der Waals surface area contributed by atoms with Crippen LogP contribution in [0.5, 0.6) is 0 Å². The molecule has 0 heterocycles. The zero-order chi connectivity index (χ0) is 61.0. The second-order valence-corrected chi connectivity index (χ2v) is 26.9. The Hall–Kier alpha value is -1.94. The highest BCUT2D eigenvalue weighted by molar-refractivity contribution is 7.47. The van der Waals surface area contributed by atoms with Crippen LogP contribution in [-0.4, -0.2) is 96.7 Å². The number of carbonyl (C=O) groups excluding carboxylic acids is 4. The molecular formula is C63H122O17P2. The zero-order valence-corrected chi connectivity index (χ0v) is 54.7. The minimum absolute atomic E-state index is 0.101. The molecule has 0 aliphatic rings. The molecule has 0 saturated heterocycles. The van der Waals surface area contributed by atoms with Gasteiger partial charge in [0.15, 0.2) is 12.2 Å². The molecule has 0 aromatic carbocycles. The number of phosphoric ester groups is 2. The maximum Gasteiger partial charge on any atom is 0.472 e. The summed E-state index contributed by atoms with van der Waals surface area (Å²) in [5, 5.41) is 10.5. The lowest BCUT2D eigenvalue weighted by molar-refractivity contribution is -0.161. The fraction of sp³-hybridized carbons (Fsp3) is 0.937. The molecule has 0 aliphatic heterocycles. The van der Waals surface area contributed by atoms with E-state index in [1.807, 2.05) is 0 Å². The van der Waals surface area contributed by atoms with Gasteiger partial charge in [-0.15, -0.1) is 0 Å². The van der Waals surface area contributed by atoms with E-state index in [0.717, 1.165) is 109 Å². The fourth-order valence-electron chi connectivity index (χ4n) is 9.27. The van der Waals surface area contributed by atoms with E-state index in [1.54, 1.807) is 0 Å². The monoisotopic (exact) mass is 1210 g/mol. The Bertz CT molecular complexity index is 1630. The lowest BCUT2D eigenvalue weighted by atomic mass is 10.00. The third-order valence-electron chi connectivity index (χ3n) is 14.7. The van der Waals surface area contributed by atoms with Crippen molar-refractivity contribution in [1.29, 1.82) is 0 Å². The van der Waals surface area contributed by atoms with Crippen LogP contribution in [0.15, 0.2) is 0 Å². The quantitative estimate of drug-likeness (QED) is 0.0222. The Morgan fingerprint density at radius 3 is 0.927 bits per heavy atom. The van der Waals surface area contributed by atoms with Crippen molar-refractivity contribution < 1.29 is 80.2 Å². The predicted octanol–water partition coefficient (Wildman–Crippen LogP) is 17.1. The standard InChI is InChI=1S/C63H122O17P2/c1-8-10-11-12-13-14-15-16-17-18-19-20-32-39-46-62(67)79-58(50-74-61(66)45-38-31-26-23-29-36-43-56(7)9-2)52-77-81(69,70)75-48-57(64)49-76-82(71,72)78-53-59(80-63(68)47-40-33-25-22-28-35-42-55(5)6)51-73-60(65)44-37-30-24-21-27-34-41-54(3)4/h54-59,64H,8-53H2,1-7H3,(H,69,70)(H,71,72)/t56?,57-,58-,59-/m1/s1. The summed E-state index contributed by atoms with van der Waals surface area (Å²) in [6.07, 6.45) is 35.2. The molecule has 17 nitrogen and oxygen atoms in total. The fourth-order valence-corrected chi connectivity index (χ4v) is 10.9. The number of hydrogen-bond acceptors (Lipinski definition) is 15. The number of rotatable bonds is 61. The van der Waals surface area contributed by atoms with Crippen LogP contribution < -0.4 is 0 Å². The number of aliphatic hydroxyl groups is 1. The Kier molecular flexibility index (Phi) is 53.2. The van der Waals surface area contributed by atoms with Gasteiger partial charge in [0.1, 0.15) is 19.3 Å². The molecule has 19 heteroatoms. The van der Waals surface area contributed by atoms with Crippen molar-refractivity contribution >= 4 is 39.5 Å². The molecule has 0 aromatic heterocycles. The van der Waals surface area contributed by atoms with Crippen molar-refractivity contribution in [3.63, 3.8) is 0 Å². The largest absolute Gasteiger partial charge is 0.472 e. The van der Waals surface area contributed by atoms with E-state index in [9.17, 15) is 43.2 Å². The number of unbranched alkanes of at least 4 members (excludes halogenated alkanes) is 28. The molecule has 0 amide bonds. The van der Waals surface area contributed by atoms with E-state index in [1.165, 1.54) is 103 Å². The van der Waals surface area contributed by atoms with Crippen LogP contribution in [0.3, 0.4) is 0 Å². The van der Waals surface area contributed by atoms with Gasteiger partial charge in [-0.2, -0.15) is 0 Å². The summed E-state index contributed by atoms with van der Waals surface area (Å²) in [6.45, 7) is 11.6. The van der Waals surface area contributed by atoms with Crippen LogP contribution in [0.25, 0.3) is 0 Å². The minimum Gasteiger partial charge on any atom is -0.462 e. The number of aliphatic hydroxyl groups excluding tert-OH is 1. The van der Waals surface area contributed by atoms with Crippen LogP contribution in [0.1, 0.15) is 305 Å². The summed E-state index contributed by atoms with van der Waals surface area (Å²) < 4.78 is 67.9. The van der Waals surface area contributed by atoms with Gasteiger partial charge in [-0.05, 0) is 43.4 Å². The summed E-state index contributed by atoms with van der Waals surface area (Å²) in [6, 6.07) is 0. The number of phosphoric acid groups is 2. The molecule has 82 heavy (non-hydrogen) atoms. The first-order valence-corrected chi connectivity index (χ1v) is 35.9. The van der Waals surface area contributed by atoms with Crippen LogP contribution >= 0.6 is 15.6 Å². The number of ether oxygens (including phenoxy) is 4. The maximum absolute atomic E-state index is 13.0. The van der Waals surface area contributed by atoms with Crippen molar-refractivity contribution in [3.05, 3.63) is 0 Å². The van der Waals surface area contributed by atoms with E-state index in [-0.39, 0.29) is 25.7 Å². The normalized spacial score (nSPS) is 14.7. The van der Waals surface area contributed by atoms with Gasteiger partial charge in [0.05, 0.1) is 26.4 Å². The van der Waals surface area contributed by atoms with E-state index >= 15 is 0 Å². The smallest absolute Gasteiger partial charge is 0.462 e. The first kappa shape index (κ1) is 80.1. The van der Waals surface area contributed by atoms with Crippen LogP contribution in [0.2, 0.25) is 0 Å². The lowest BCUT2D eigenvalue weighted by Gasteiger charge is -2.21. The van der Waals surface area contributed by atoms with E-state index in [0.29, 0.717) is 37.5 Å². The molecule has 3 N–H and O–H groups in total. The Labute approximate surface area is 498 Å². The molecule has 6 atom stereocenters. The van der Waals surface area contributed by atoms with Crippen LogP contribution in [-0.2, 0) is 65.4 Å². The first-order valence-electron chi connectivity index (χ1n) is 32.9. The van der Waals surface area contributed by atoms with Crippen LogP contribution in [0.4, 0.5) is 0 Å². The molecular weight excluding hydrogens is 1090 g/mol. The molecule has 0 fully saturated rings. The van der Waals surface area contributed by atoms with Crippen molar-refractivity contribution in [2.45, 2.75) is 324 Å². The van der Waals surface area contributed by atoms with E-state index in [4.69, 9.17) is 37.0 Å². The molecule has 0 radical (unpaired) electrons. The molecule has 486 valence electrons. The van der Waals surface area contributed by atoms with Crippen molar-refractivity contribution in [2.24, 2.45) is 17.8 Å². The zero-order valence-electron chi connectivity index (χ0n) is 52.9. The highest BCUT2D eigenvalue weighted by atomic mass is 31.2. The molecule has 0 aromatic rings. The summed E-state index contributed by atoms with van der Waals surface area (Å²) in [5.41, 5.74) is 0. The first-order chi connectivity index (χ1) is 39.3. The number of hydrogen-bond donors (Lipinski definition) is 3. The Balaban J connectivity index is 5.24. The summed E-state index contributed by atoms with van der Waals surface area (Å²) in [4.78, 5) is 72.1. The topological polar surface area (TPSA) is 237 Å². The van der Waals surface area contributed by atoms with Gasteiger partial charge in [-0.1, -0.05) is 254 Å². The maximum atomic E-state index is 13.0. The highest BCUT2D eigenvalue weighted by Crippen LogP contribution is 2.45. The van der Waals surface area contributed by atoms with Gasteiger partial charge < -0.3 is 33.8 Å². The van der Waals surface area contributed by atoms with Crippen LogP contribution in [0, 0.1) is 17.8 Å². The molecule has 0 spiro atoms. The summed E-state index contributed by atoms with van der Waals surface area (Å²) in [7, 11) is -9.88. The third kappa shape index (κ3) is 55.9. The molecule has 0 bridgehead atoms. The summed E-state index contributed by atoms with van der Waals surface area (Å²) >= 11 is 0. The number of carbonyl (C=O) groups is 4. The average molecular weight is 1210 g/mol. The van der Waals surface area contributed by atoms with Gasteiger partial charge in [-0.3, -0.25) is 37.3 Å². The number of esters is 4. The third-order valence-corrected chi connectivity index (χ3v) is 16.6. The molecule has 0 saturated carbocycles. The minimum atomic E-state index is -4.94. The SMILES string of the molecule is CCCCCCCCCCCCCCCCC(=O)O[C@H](COC(=O)CCCCCCCCC(C)CC)COP(=O)(O)OC[C@@H](O)COP(=O)(O)OC[C@@H](COC(=O)CCCCCCCCC(C)C)OC(=O)CCCCCCCCC(C)C. The molecule has 0 rings (SSSR count). The Morgan fingerprint density at radius 1 is 0.354 bits per heavy atom. The summed E-state index contributed by atoms with van der Waals surface area (Å²) in [5.74, 6) is -0.0632. The highest BCUT2D eigenvalue weighted by Gasteiger charge is 2.30. The van der Waals surface area contributed by atoms with E-state index in [2.05, 4.69) is 48.5 Å². The van der Waals surface area contributed by atoms with Crippen molar-refractivity contribution in [3.8, 4) is 0 Å². The van der Waals surface area contributed by atoms with Gasteiger partial charge in [0.2, 0.25) is 0 Å².